The van der Waals surface area contributed by atoms with Crippen molar-refractivity contribution in [2.24, 2.45) is 4.99 Å². The average Bonchev–Trinajstić information content (AvgIpc) is 3.21. The summed E-state index contributed by atoms with van der Waals surface area (Å²) in [6.07, 6.45) is -4.50. The first-order valence-electron chi connectivity index (χ1n) is 7.95. The molecule has 142 valence electrons. The van der Waals surface area contributed by atoms with Gasteiger partial charge in [0.05, 0.1) is 34.7 Å². The first-order valence-corrected chi connectivity index (χ1v) is 8.94. The third kappa shape index (κ3) is 3.90. The number of Topliss-reactive ketones (excluding diaryl/α,β-unsaturated/α-hetero) is 1. The molecule has 0 spiro atoms. The Morgan fingerprint density at radius 2 is 2.00 bits per heavy atom. The molecular formula is C17H15F3N4O2S. The van der Waals surface area contributed by atoms with Gasteiger partial charge in [-0.25, -0.2) is 4.68 Å². The van der Waals surface area contributed by atoms with Crippen LogP contribution in [0.1, 0.15) is 27.3 Å². The predicted molar refractivity (Wildman–Crippen MR) is 95.3 cm³/mol. The van der Waals surface area contributed by atoms with Gasteiger partial charge in [-0.3, -0.25) is 19.9 Å². The minimum absolute atomic E-state index is 0.0634. The molecule has 0 fully saturated rings. The molecule has 1 aromatic heterocycles. The van der Waals surface area contributed by atoms with E-state index in [1.165, 1.54) is 42.4 Å². The molecule has 6 nitrogen and oxygen atoms in total. The van der Waals surface area contributed by atoms with E-state index in [1.807, 2.05) is 0 Å². The van der Waals surface area contributed by atoms with Crippen LogP contribution in [0.3, 0.4) is 0 Å². The molecule has 1 N–H and O–H groups in total. The van der Waals surface area contributed by atoms with E-state index in [4.69, 9.17) is 0 Å². The third-order valence-corrected chi connectivity index (χ3v) is 4.84. The van der Waals surface area contributed by atoms with Crippen molar-refractivity contribution in [2.75, 3.05) is 12.3 Å². The summed E-state index contributed by atoms with van der Waals surface area (Å²) in [5.41, 5.74) is -0.0670. The van der Waals surface area contributed by atoms with Gasteiger partial charge in [-0.05, 0) is 32.0 Å². The molecule has 0 bridgehead atoms. The Hall–Kier alpha value is -2.62. The summed E-state index contributed by atoms with van der Waals surface area (Å²) >= 11 is 1.34. The highest BCUT2D eigenvalue weighted by molar-refractivity contribution is 8.14. The second kappa shape index (κ2) is 7.18. The van der Waals surface area contributed by atoms with Crippen molar-refractivity contribution in [3.05, 3.63) is 46.8 Å². The zero-order valence-corrected chi connectivity index (χ0v) is 15.2. The van der Waals surface area contributed by atoms with E-state index in [9.17, 15) is 22.8 Å². The number of aliphatic imine (C=N–C) groups is 1. The van der Waals surface area contributed by atoms with Gasteiger partial charge in [0.15, 0.2) is 5.17 Å². The summed E-state index contributed by atoms with van der Waals surface area (Å²) in [7, 11) is 0. The molecule has 0 radical (unpaired) electrons. The number of thioether (sulfide) groups is 1. The molecule has 27 heavy (non-hydrogen) atoms. The SMILES string of the molecule is Cc1nn(-c2cccc(C(F)(F)F)c2)c(C)c1C(=O)C(=O)NC1=NCCS1. The van der Waals surface area contributed by atoms with Crippen LogP contribution >= 0.6 is 11.8 Å². The highest BCUT2D eigenvalue weighted by Crippen LogP contribution is 2.31. The predicted octanol–water partition coefficient (Wildman–Crippen LogP) is 2.91. The van der Waals surface area contributed by atoms with Crippen LogP contribution in [-0.2, 0) is 11.0 Å². The number of amides is 1. The monoisotopic (exact) mass is 396 g/mol. The number of hydrogen-bond donors (Lipinski definition) is 1. The quantitative estimate of drug-likeness (QED) is 0.639. The lowest BCUT2D eigenvalue weighted by atomic mass is 10.1. The minimum Gasteiger partial charge on any atom is -0.298 e. The number of aryl methyl sites for hydroxylation is 1. The van der Waals surface area contributed by atoms with E-state index in [0.29, 0.717) is 11.7 Å². The maximum atomic E-state index is 12.9. The fourth-order valence-corrected chi connectivity index (χ4v) is 3.44. The smallest absolute Gasteiger partial charge is 0.298 e. The van der Waals surface area contributed by atoms with Crippen LogP contribution in [-0.4, -0.2) is 38.9 Å². The third-order valence-electron chi connectivity index (χ3n) is 3.95. The second-order valence-corrected chi connectivity index (χ2v) is 6.91. The summed E-state index contributed by atoms with van der Waals surface area (Å²) in [6.45, 7) is 3.63. The van der Waals surface area contributed by atoms with Crippen LogP contribution in [0, 0.1) is 13.8 Å². The molecule has 3 rings (SSSR count). The molecule has 0 aliphatic carbocycles. The first kappa shape index (κ1) is 19.2. The van der Waals surface area contributed by atoms with Crippen molar-refractivity contribution >= 4 is 28.6 Å². The normalized spacial score (nSPS) is 14.2. The summed E-state index contributed by atoms with van der Waals surface area (Å²) < 4.78 is 40.1. The number of alkyl halides is 3. The van der Waals surface area contributed by atoms with E-state index >= 15 is 0 Å². The molecule has 0 saturated carbocycles. The summed E-state index contributed by atoms with van der Waals surface area (Å²) in [6, 6.07) is 4.61. The molecule has 0 atom stereocenters. The number of hydrogen-bond acceptors (Lipinski definition) is 5. The lowest BCUT2D eigenvalue weighted by molar-refractivity contribution is -0.137. The van der Waals surface area contributed by atoms with E-state index in [-0.39, 0.29) is 22.6 Å². The number of benzene rings is 1. The molecule has 0 unspecified atom stereocenters. The number of rotatable bonds is 3. The van der Waals surface area contributed by atoms with Gasteiger partial charge in [-0.2, -0.15) is 18.3 Å². The van der Waals surface area contributed by atoms with Crippen LogP contribution in [0.4, 0.5) is 13.2 Å². The van der Waals surface area contributed by atoms with Gasteiger partial charge in [0.25, 0.3) is 11.7 Å². The standard InChI is InChI=1S/C17H15F3N4O2S/c1-9-13(14(25)15(26)22-16-21-6-7-27-16)10(2)24(23-9)12-5-3-4-11(8-12)17(18,19)20/h3-5,8H,6-7H2,1-2H3,(H,21,22,26). The lowest BCUT2D eigenvalue weighted by Crippen LogP contribution is -2.34. The van der Waals surface area contributed by atoms with E-state index in [1.54, 1.807) is 0 Å². The van der Waals surface area contributed by atoms with Gasteiger partial charge in [0.2, 0.25) is 0 Å². The number of nitrogens with zero attached hydrogens (tertiary/aromatic N) is 3. The number of amidine groups is 1. The molecule has 2 heterocycles. The van der Waals surface area contributed by atoms with Crippen molar-refractivity contribution < 1.29 is 22.8 Å². The van der Waals surface area contributed by atoms with Crippen molar-refractivity contribution in [3.63, 3.8) is 0 Å². The molecule has 0 saturated heterocycles. The zero-order chi connectivity index (χ0) is 19.8. The van der Waals surface area contributed by atoms with Gasteiger partial charge in [0, 0.05) is 5.75 Å². The Morgan fingerprint density at radius 1 is 1.26 bits per heavy atom. The summed E-state index contributed by atoms with van der Waals surface area (Å²) in [4.78, 5) is 28.8. The van der Waals surface area contributed by atoms with Gasteiger partial charge >= 0.3 is 6.18 Å². The number of carbonyl (C=O) groups excluding carboxylic acids is 2. The minimum atomic E-state index is -4.50. The Morgan fingerprint density at radius 3 is 2.63 bits per heavy atom. The molecule has 2 aromatic rings. The number of aromatic nitrogens is 2. The number of halogens is 3. The Kier molecular flexibility index (Phi) is 5.09. The van der Waals surface area contributed by atoms with Gasteiger partial charge in [-0.15, -0.1) is 0 Å². The van der Waals surface area contributed by atoms with Crippen molar-refractivity contribution in [1.29, 1.82) is 0 Å². The second-order valence-electron chi connectivity index (χ2n) is 5.82. The highest BCUT2D eigenvalue weighted by atomic mass is 32.2. The molecular weight excluding hydrogens is 381 g/mol. The van der Waals surface area contributed by atoms with Gasteiger partial charge < -0.3 is 0 Å². The van der Waals surface area contributed by atoms with Crippen LogP contribution in [0.5, 0.6) is 0 Å². The maximum absolute atomic E-state index is 12.9. The maximum Gasteiger partial charge on any atom is 0.416 e. The van der Waals surface area contributed by atoms with Gasteiger partial charge in [-0.1, -0.05) is 17.8 Å². The lowest BCUT2D eigenvalue weighted by Gasteiger charge is -2.10. The van der Waals surface area contributed by atoms with Crippen LogP contribution in [0.25, 0.3) is 5.69 Å². The molecule has 10 heteroatoms. The topological polar surface area (TPSA) is 76.3 Å². The number of carbonyl (C=O) groups is 2. The number of nitrogens with one attached hydrogen (secondary N) is 1. The summed E-state index contributed by atoms with van der Waals surface area (Å²) in [5.74, 6) is -0.925. The van der Waals surface area contributed by atoms with Crippen molar-refractivity contribution in [1.82, 2.24) is 15.1 Å². The molecule has 1 aromatic carbocycles. The zero-order valence-electron chi connectivity index (χ0n) is 14.4. The Labute approximate surface area is 156 Å². The molecule has 1 aliphatic heterocycles. The van der Waals surface area contributed by atoms with Crippen LogP contribution in [0.15, 0.2) is 29.3 Å². The molecule has 1 amide bonds. The average molecular weight is 396 g/mol. The fourth-order valence-electron chi connectivity index (χ4n) is 2.71. The van der Waals surface area contributed by atoms with Gasteiger partial charge in [0.1, 0.15) is 0 Å². The highest BCUT2D eigenvalue weighted by Gasteiger charge is 2.31. The Balaban J connectivity index is 1.93. The Bertz CT molecular complexity index is 950. The van der Waals surface area contributed by atoms with Crippen LogP contribution < -0.4 is 5.32 Å². The first-order chi connectivity index (χ1) is 12.7. The van der Waals surface area contributed by atoms with Crippen molar-refractivity contribution in [3.8, 4) is 5.69 Å². The van der Waals surface area contributed by atoms with E-state index < -0.39 is 23.4 Å². The van der Waals surface area contributed by atoms with Crippen molar-refractivity contribution in [2.45, 2.75) is 20.0 Å². The molecule has 1 aliphatic rings. The van der Waals surface area contributed by atoms with Crippen LogP contribution in [0.2, 0.25) is 0 Å². The largest absolute Gasteiger partial charge is 0.416 e. The fraction of sp³-hybridized carbons (Fsp3) is 0.294. The van der Waals surface area contributed by atoms with E-state index in [2.05, 4.69) is 15.4 Å². The summed E-state index contributed by atoms with van der Waals surface area (Å²) in [5, 5.41) is 6.98. The number of ketones is 1. The van der Waals surface area contributed by atoms with E-state index in [0.717, 1.165) is 17.9 Å².